The first-order chi connectivity index (χ1) is 9.67. The quantitative estimate of drug-likeness (QED) is 0.767. The lowest BCUT2D eigenvalue weighted by molar-refractivity contribution is 0.572. The van der Waals surface area contributed by atoms with Crippen LogP contribution < -0.4 is 5.32 Å². The summed E-state index contributed by atoms with van der Waals surface area (Å²) in [6, 6.07) is 7.43. The maximum atomic E-state index is 12.0. The molecule has 1 rings (SSSR count). The highest BCUT2D eigenvalue weighted by Crippen LogP contribution is 2.16. The zero-order chi connectivity index (χ0) is 16.1. The van der Waals surface area contributed by atoms with E-state index in [0.717, 1.165) is 18.2 Å². The molecular weight excluding hydrogens is 310 g/mol. The van der Waals surface area contributed by atoms with Crippen molar-refractivity contribution in [3.63, 3.8) is 0 Å². The van der Waals surface area contributed by atoms with Crippen LogP contribution in [0, 0.1) is 0 Å². The van der Waals surface area contributed by atoms with Gasteiger partial charge in [0.25, 0.3) is 0 Å². The normalized spacial score (nSPS) is 14.0. The summed E-state index contributed by atoms with van der Waals surface area (Å²) in [5.41, 5.74) is 2.08. The van der Waals surface area contributed by atoms with Crippen molar-refractivity contribution in [1.82, 2.24) is 5.32 Å². The van der Waals surface area contributed by atoms with E-state index >= 15 is 0 Å². The Kier molecular flexibility index (Phi) is 6.37. The van der Waals surface area contributed by atoms with Crippen molar-refractivity contribution in [3.05, 3.63) is 35.4 Å². The highest BCUT2D eigenvalue weighted by atomic mass is 32.2. The molecule has 5 nitrogen and oxygen atoms in total. The average molecular weight is 333 g/mol. The molecule has 0 saturated heterocycles. The van der Waals surface area contributed by atoms with Crippen LogP contribution in [0.25, 0.3) is 0 Å². The van der Waals surface area contributed by atoms with Gasteiger partial charge < -0.3 is 5.32 Å². The maximum Gasteiger partial charge on any atom is 0.153 e. The first-order valence-electron chi connectivity index (χ1n) is 6.81. The lowest BCUT2D eigenvalue weighted by atomic mass is 10.1. The van der Waals surface area contributed by atoms with Crippen molar-refractivity contribution < 1.29 is 16.8 Å². The molecule has 21 heavy (non-hydrogen) atoms. The minimum absolute atomic E-state index is 0.107. The summed E-state index contributed by atoms with van der Waals surface area (Å²) in [5.74, 6) is -0.776. The average Bonchev–Trinajstić information content (AvgIpc) is 2.42. The van der Waals surface area contributed by atoms with Gasteiger partial charge in [-0.25, -0.2) is 16.8 Å². The first kappa shape index (κ1) is 18.1. The van der Waals surface area contributed by atoms with Gasteiger partial charge in [-0.05, 0) is 24.6 Å². The molecule has 120 valence electrons. The van der Waals surface area contributed by atoms with Gasteiger partial charge in [-0.15, -0.1) is 0 Å². The maximum absolute atomic E-state index is 12.0. The summed E-state index contributed by atoms with van der Waals surface area (Å²) in [6.45, 7) is 2.06. The number of sulfone groups is 2. The third kappa shape index (κ3) is 6.58. The Morgan fingerprint density at radius 1 is 1.05 bits per heavy atom. The van der Waals surface area contributed by atoms with Gasteiger partial charge in [0.05, 0.1) is 17.3 Å². The van der Waals surface area contributed by atoms with Crippen LogP contribution in [-0.2, 0) is 26.1 Å². The van der Waals surface area contributed by atoms with Crippen LogP contribution in [0.2, 0.25) is 0 Å². The topological polar surface area (TPSA) is 80.3 Å². The standard InChI is InChI=1S/C14H23NO4S2/c1-4-12-5-7-13(8-6-12)14(15-2)11-21(18,19)10-9-20(3,16)17/h5-8,14-15H,4,9-11H2,1-3H3. The van der Waals surface area contributed by atoms with Gasteiger partial charge in [0.1, 0.15) is 9.84 Å². The van der Waals surface area contributed by atoms with Gasteiger partial charge in [-0.3, -0.25) is 0 Å². The van der Waals surface area contributed by atoms with E-state index < -0.39 is 19.7 Å². The molecule has 0 radical (unpaired) electrons. The Balaban J connectivity index is 2.80. The number of hydrogen-bond donors (Lipinski definition) is 1. The van der Waals surface area contributed by atoms with Crippen LogP contribution >= 0.6 is 0 Å². The van der Waals surface area contributed by atoms with E-state index in [0.29, 0.717) is 0 Å². The molecule has 0 amide bonds. The Bertz CT molecular complexity index is 649. The fraction of sp³-hybridized carbons (Fsp3) is 0.571. The van der Waals surface area contributed by atoms with Gasteiger partial charge >= 0.3 is 0 Å². The van der Waals surface area contributed by atoms with Gasteiger partial charge in [0, 0.05) is 12.3 Å². The van der Waals surface area contributed by atoms with Crippen LogP contribution in [0.5, 0.6) is 0 Å². The van der Waals surface area contributed by atoms with Gasteiger partial charge in [0.2, 0.25) is 0 Å². The summed E-state index contributed by atoms with van der Waals surface area (Å²) in [7, 11) is -5.01. The molecule has 0 aliphatic rings. The van der Waals surface area contributed by atoms with Crippen molar-refractivity contribution in [1.29, 1.82) is 0 Å². The SMILES string of the molecule is CCc1ccc(C(CS(=O)(=O)CCS(C)(=O)=O)NC)cc1. The van der Waals surface area contributed by atoms with E-state index in [1.165, 1.54) is 5.56 Å². The Morgan fingerprint density at radius 2 is 1.62 bits per heavy atom. The molecule has 1 atom stereocenters. The molecule has 0 fully saturated rings. The molecule has 0 bridgehead atoms. The molecule has 1 unspecified atom stereocenters. The van der Waals surface area contributed by atoms with Crippen LogP contribution in [0.3, 0.4) is 0 Å². The zero-order valence-electron chi connectivity index (χ0n) is 12.7. The van der Waals surface area contributed by atoms with Crippen LogP contribution in [0.1, 0.15) is 24.1 Å². The third-order valence-electron chi connectivity index (χ3n) is 3.32. The predicted octanol–water partition coefficient (Wildman–Crippen LogP) is 0.969. The summed E-state index contributed by atoms with van der Waals surface area (Å²) < 4.78 is 46.3. The Morgan fingerprint density at radius 3 is 2.05 bits per heavy atom. The zero-order valence-corrected chi connectivity index (χ0v) is 14.3. The molecule has 0 aliphatic carbocycles. The lowest BCUT2D eigenvalue weighted by Crippen LogP contribution is -2.28. The number of rotatable bonds is 8. The number of benzene rings is 1. The largest absolute Gasteiger partial charge is 0.312 e. The minimum Gasteiger partial charge on any atom is -0.312 e. The van der Waals surface area contributed by atoms with Gasteiger partial charge in [0.15, 0.2) is 9.84 Å². The van der Waals surface area contributed by atoms with Crippen molar-refractivity contribution >= 4 is 19.7 Å². The van der Waals surface area contributed by atoms with Gasteiger partial charge in [-0.1, -0.05) is 31.2 Å². The van der Waals surface area contributed by atoms with Crippen LogP contribution in [-0.4, -0.2) is 47.4 Å². The molecule has 1 aromatic carbocycles. The molecule has 0 aliphatic heterocycles. The molecule has 0 heterocycles. The van der Waals surface area contributed by atoms with Crippen molar-refractivity contribution in [3.8, 4) is 0 Å². The Labute approximate surface area is 127 Å². The van der Waals surface area contributed by atoms with Crippen molar-refractivity contribution in [2.24, 2.45) is 0 Å². The smallest absolute Gasteiger partial charge is 0.153 e. The molecule has 0 aromatic heterocycles. The monoisotopic (exact) mass is 333 g/mol. The molecular formula is C14H23NO4S2. The number of aryl methyl sites for hydroxylation is 1. The van der Waals surface area contributed by atoms with Gasteiger partial charge in [-0.2, -0.15) is 0 Å². The first-order valence-corrected chi connectivity index (χ1v) is 10.7. The molecule has 1 N–H and O–H groups in total. The van der Waals surface area contributed by atoms with E-state index in [1.54, 1.807) is 7.05 Å². The van der Waals surface area contributed by atoms with Crippen LogP contribution in [0.15, 0.2) is 24.3 Å². The lowest BCUT2D eigenvalue weighted by Gasteiger charge is -2.17. The highest BCUT2D eigenvalue weighted by molar-refractivity contribution is 7.94. The summed E-state index contributed by atoms with van der Waals surface area (Å²) in [4.78, 5) is 0. The van der Waals surface area contributed by atoms with Crippen molar-refractivity contribution in [2.45, 2.75) is 19.4 Å². The fourth-order valence-corrected chi connectivity index (χ4v) is 5.21. The minimum atomic E-state index is -3.43. The second-order valence-corrected chi connectivity index (χ2v) is 9.67. The molecule has 1 aromatic rings. The third-order valence-corrected chi connectivity index (χ3v) is 6.20. The van der Waals surface area contributed by atoms with Crippen LogP contribution in [0.4, 0.5) is 0 Å². The second kappa shape index (κ2) is 7.38. The summed E-state index contributed by atoms with van der Waals surface area (Å²) in [5, 5.41) is 2.98. The molecule has 0 saturated carbocycles. The predicted molar refractivity (Wildman–Crippen MR) is 86.0 cm³/mol. The van der Waals surface area contributed by atoms with E-state index in [1.807, 2.05) is 24.3 Å². The second-order valence-electron chi connectivity index (χ2n) is 5.18. The van der Waals surface area contributed by atoms with E-state index in [9.17, 15) is 16.8 Å². The molecule has 7 heteroatoms. The number of hydrogen-bond acceptors (Lipinski definition) is 5. The van der Waals surface area contributed by atoms with E-state index in [4.69, 9.17) is 0 Å². The highest BCUT2D eigenvalue weighted by Gasteiger charge is 2.21. The number of nitrogens with one attached hydrogen (secondary N) is 1. The van der Waals surface area contributed by atoms with Crippen molar-refractivity contribution in [2.75, 3.05) is 30.6 Å². The van der Waals surface area contributed by atoms with E-state index in [2.05, 4.69) is 12.2 Å². The fourth-order valence-electron chi connectivity index (χ4n) is 1.95. The van der Waals surface area contributed by atoms with E-state index in [-0.39, 0.29) is 23.3 Å². The summed E-state index contributed by atoms with van der Waals surface area (Å²) in [6.07, 6.45) is 1.97. The Hall–Kier alpha value is -0.920. The summed E-state index contributed by atoms with van der Waals surface area (Å²) >= 11 is 0. The molecule has 0 spiro atoms.